The van der Waals surface area contributed by atoms with Gasteiger partial charge in [0, 0.05) is 32.4 Å². The smallest absolute Gasteiger partial charge is 0.295 e. The number of benzene rings is 2. The molecule has 174 valence electrons. The molecule has 0 radical (unpaired) electrons. The molecule has 10 nitrogen and oxygen atoms in total. The Morgan fingerprint density at radius 2 is 1.60 bits per heavy atom. The van der Waals surface area contributed by atoms with Crippen molar-refractivity contribution in [1.82, 2.24) is 43.6 Å². The Kier molecular flexibility index (Phi) is 4.80. The summed E-state index contributed by atoms with van der Waals surface area (Å²) in [7, 11) is 3.61. The molecule has 0 saturated carbocycles. The van der Waals surface area contributed by atoms with Crippen molar-refractivity contribution >= 4 is 21.9 Å². The van der Waals surface area contributed by atoms with Crippen LogP contribution in [0.25, 0.3) is 39.4 Å². The fourth-order valence-electron chi connectivity index (χ4n) is 4.44. The Labute approximate surface area is 200 Å². The van der Waals surface area contributed by atoms with Gasteiger partial charge in [0.05, 0.1) is 16.6 Å². The lowest BCUT2D eigenvalue weighted by molar-refractivity contribution is 0.613. The van der Waals surface area contributed by atoms with E-state index in [1.807, 2.05) is 74.6 Å². The summed E-state index contributed by atoms with van der Waals surface area (Å²) in [5, 5.41) is 10.2. The summed E-state index contributed by atoms with van der Waals surface area (Å²) in [5.74, 6) is 2.36. The van der Waals surface area contributed by atoms with Gasteiger partial charge in [-0.2, -0.15) is 14.8 Å². The molecular weight excluding hydrogens is 442 g/mol. The fraction of sp³-hybridized carbons (Fsp3) is 0.200. The lowest BCUT2D eigenvalue weighted by Gasteiger charge is -2.05. The van der Waals surface area contributed by atoms with Gasteiger partial charge in [0.25, 0.3) is 5.95 Å². The number of rotatable bonds is 5. The van der Waals surface area contributed by atoms with Gasteiger partial charge in [-0.05, 0) is 31.2 Å². The van der Waals surface area contributed by atoms with Crippen molar-refractivity contribution in [2.45, 2.75) is 19.9 Å². The molecule has 0 fully saturated rings. The second kappa shape index (κ2) is 8.01. The zero-order valence-corrected chi connectivity index (χ0v) is 19.6. The average Bonchev–Trinajstić information content (AvgIpc) is 3.51. The maximum atomic E-state index is 12.9. The zero-order chi connectivity index (χ0) is 24.1. The van der Waals surface area contributed by atoms with Crippen molar-refractivity contribution in [1.29, 1.82) is 0 Å². The number of hydrogen-bond acceptors (Lipinski definition) is 6. The van der Waals surface area contributed by atoms with Crippen molar-refractivity contribution in [3.8, 4) is 17.5 Å². The maximum Gasteiger partial charge on any atom is 0.328 e. The number of aromatic nitrogens is 9. The first-order valence-corrected chi connectivity index (χ1v) is 11.3. The monoisotopic (exact) mass is 465 g/mol. The van der Waals surface area contributed by atoms with Gasteiger partial charge in [-0.1, -0.05) is 36.4 Å². The Morgan fingerprint density at radius 1 is 0.829 bits per heavy atom. The Hall–Kier alpha value is -4.60. The van der Waals surface area contributed by atoms with E-state index in [4.69, 9.17) is 15.1 Å². The van der Waals surface area contributed by atoms with Gasteiger partial charge >= 0.3 is 5.69 Å². The standard InChI is InChI=1S/C25H23N9O/c1-16-26-24(32(3)29-16)34-22(14-15-33-21-11-7-6-10-20(21)31(2)25(33)35)28-23(30-34)19-13-12-17-8-4-5-9-18(17)27-19/h4-13H,14-15H2,1-3H3. The molecule has 6 aromatic rings. The van der Waals surface area contributed by atoms with Crippen molar-refractivity contribution < 1.29 is 0 Å². The van der Waals surface area contributed by atoms with Gasteiger partial charge < -0.3 is 0 Å². The fourth-order valence-corrected chi connectivity index (χ4v) is 4.44. The summed E-state index contributed by atoms with van der Waals surface area (Å²) in [5.41, 5.74) is 3.26. The van der Waals surface area contributed by atoms with Crippen LogP contribution in [0.1, 0.15) is 11.6 Å². The molecule has 0 saturated heterocycles. The number of aryl methyl sites for hydroxylation is 5. The largest absolute Gasteiger partial charge is 0.328 e. The van der Waals surface area contributed by atoms with E-state index < -0.39 is 0 Å². The molecule has 0 aliphatic carbocycles. The Balaban J connectivity index is 1.44. The number of hydrogen-bond donors (Lipinski definition) is 0. The third kappa shape index (κ3) is 3.50. The minimum Gasteiger partial charge on any atom is -0.295 e. The van der Waals surface area contributed by atoms with Crippen molar-refractivity contribution in [2.24, 2.45) is 14.1 Å². The van der Waals surface area contributed by atoms with Crippen LogP contribution in [0.2, 0.25) is 0 Å². The summed E-state index contributed by atoms with van der Waals surface area (Å²) in [6.07, 6.45) is 0.473. The molecule has 0 aliphatic heterocycles. The first kappa shape index (κ1) is 21.0. The van der Waals surface area contributed by atoms with E-state index in [2.05, 4.69) is 10.1 Å². The van der Waals surface area contributed by atoms with Crippen LogP contribution in [-0.2, 0) is 27.1 Å². The van der Waals surface area contributed by atoms with Gasteiger partial charge in [0.1, 0.15) is 17.3 Å². The predicted molar refractivity (Wildman–Crippen MR) is 132 cm³/mol. The minimum atomic E-state index is -0.0665. The normalized spacial score (nSPS) is 11.6. The molecule has 2 aromatic carbocycles. The van der Waals surface area contributed by atoms with E-state index in [9.17, 15) is 4.79 Å². The third-order valence-corrected chi connectivity index (χ3v) is 6.15. The highest BCUT2D eigenvalue weighted by molar-refractivity contribution is 5.80. The summed E-state index contributed by atoms with van der Waals surface area (Å²) < 4.78 is 6.80. The molecule has 10 heteroatoms. The summed E-state index contributed by atoms with van der Waals surface area (Å²) in [6, 6.07) is 19.6. The van der Waals surface area contributed by atoms with E-state index >= 15 is 0 Å². The van der Waals surface area contributed by atoms with Gasteiger partial charge in [0.15, 0.2) is 0 Å². The number of para-hydroxylation sites is 3. The maximum absolute atomic E-state index is 12.9. The minimum absolute atomic E-state index is 0.0665. The van der Waals surface area contributed by atoms with Gasteiger partial charge in [-0.25, -0.2) is 19.4 Å². The summed E-state index contributed by atoms with van der Waals surface area (Å²) in [4.78, 5) is 27.1. The van der Waals surface area contributed by atoms with E-state index in [1.165, 1.54) is 0 Å². The molecule has 0 bridgehead atoms. The predicted octanol–water partition coefficient (Wildman–Crippen LogP) is 2.82. The second-order valence-electron chi connectivity index (χ2n) is 8.47. The number of pyridine rings is 1. The third-order valence-electron chi connectivity index (χ3n) is 6.15. The quantitative estimate of drug-likeness (QED) is 0.388. The van der Waals surface area contributed by atoms with E-state index in [0.29, 0.717) is 42.1 Å². The van der Waals surface area contributed by atoms with Crippen molar-refractivity contribution in [2.75, 3.05) is 0 Å². The lowest BCUT2D eigenvalue weighted by Crippen LogP contribution is -2.23. The molecule has 0 N–H and O–H groups in total. The molecule has 0 aliphatic rings. The van der Waals surface area contributed by atoms with Crippen LogP contribution in [0.4, 0.5) is 0 Å². The van der Waals surface area contributed by atoms with E-state index in [0.717, 1.165) is 21.9 Å². The van der Waals surface area contributed by atoms with Crippen LogP contribution in [0.3, 0.4) is 0 Å². The second-order valence-corrected chi connectivity index (χ2v) is 8.47. The Bertz CT molecular complexity index is 1770. The summed E-state index contributed by atoms with van der Waals surface area (Å²) >= 11 is 0. The average molecular weight is 466 g/mol. The van der Waals surface area contributed by atoms with Crippen molar-refractivity contribution in [3.05, 3.63) is 82.8 Å². The van der Waals surface area contributed by atoms with Crippen molar-refractivity contribution in [3.63, 3.8) is 0 Å². The van der Waals surface area contributed by atoms with Crippen LogP contribution in [0, 0.1) is 6.92 Å². The highest BCUT2D eigenvalue weighted by Crippen LogP contribution is 2.21. The van der Waals surface area contributed by atoms with Gasteiger partial charge in [-0.15, -0.1) is 5.10 Å². The van der Waals surface area contributed by atoms with Gasteiger partial charge in [-0.3, -0.25) is 9.13 Å². The molecular formula is C25H23N9O. The lowest BCUT2D eigenvalue weighted by atomic mass is 10.2. The SMILES string of the molecule is Cc1nc(-n2nc(-c3ccc4ccccc4n3)nc2CCn2c(=O)n(C)c3ccccc32)n(C)n1. The molecule has 6 rings (SSSR count). The molecule has 4 heterocycles. The molecule has 0 spiro atoms. The highest BCUT2D eigenvalue weighted by Gasteiger charge is 2.19. The van der Waals surface area contributed by atoms with Crippen LogP contribution in [0.5, 0.6) is 0 Å². The van der Waals surface area contributed by atoms with E-state index in [-0.39, 0.29) is 5.69 Å². The van der Waals surface area contributed by atoms with Crippen LogP contribution < -0.4 is 5.69 Å². The molecule has 35 heavy (non-hydrogen) atoms. The van der Waals surface area contributed by atoms with Crippen LogP contribution in [0.15, 0.2) is 65.5 Å². The van der Waals surface area contributed by atoms with Crippen LogP contribution >= 0.6 is 0 Å². The molecule has 0 amide bonds. The van der Waals surface area contributed by atoms with E-state index in [1.54, 1.807) is 25.5 Å². The molecule has 0 atom stereocenters. The Morgan fingerprint density at radius 3 is 2.40 bits per heavy atom. The topological polar surface area (TPSA) is 101 Å². The first-order chi connectivity index (χ1) is 17.0. The number of nitrogens with zero attached hydrogens (tertiary/aromatic N) is 9. The molecule has 0 unspecified atom stereocenters. The number of imidazole rings is 1. The summed E-state index contributed by atoms with van der Waals surface area (Å²) in [6.45, 7) is 2.28. The molecule has 4 aromatic heterocycles. The number of fused-ring (bicyclic) bond motifs is 2. The first-order valence-electron chi connectivity index (χ1n) is 11.3. The highest BCUT2D eigenvalue weighted by atomic mass is 16.1. The van der Waals surface area contributed by atoms with Crippen LogP contribution in [-0.4, -0.2) is 43.6 Å². The van der Waals surface area contributed by atoms with Gasteiger partial charge in [0.2, 0.25) is 5.82 Å². The zero-order valence-electron chi connectivity index (χ0n) is 19.6.